The molecule has 8 nitrogen and oxygen atoms in total. The summed E-state index contributed by atoms with van der Waals surface area (Å²) in [5.74, 6) is -1.31. The number of hydrogen-bond donors (Lipinski definition) is 2. The van der Waals surface area contributed by atoms with E-state index in [1.54, 1.807) is 26.0 Å². The van der Waals surface area contributed by atoms with Crippen molar-refractivity contribution >= 4 is 27.6 Å². The van der Waals surface area contributed by atoms with Gasteiger partial charge in [-0.2, -0.15) is 0 Å². The van der Waals surface area contributed by atoms with Gasteiger partial charge in [-0.05, 0) is 43.7 Å². The van der Waals surface area contributed by atoms with Gasteiger partial charge in [0, 0.05) is 11.3 Å². The fraction of sp³-hybridized carbons (Fsp3) is 0.136. The number of ether oxygens (including phenoxy) is 1. The van der Waals surface area contributed by atoms with Gasteiger partial charge < -0.3 is 10.1 Å². The standard InChI is InChI=1S/C22H21N3O5S/c1-14-8-9-17(12-20(14)31(23,28)29)25-21(26)13-30-22(27)18-10-11-19(24-15(18)2)16-6-4-3-5-7-16/h3-12H,13H2,1-2H3,(H,25,26)(H2,23,28,29). The van der Waals surface area contributed by atoms with Gasteiger partial charge in [0.15, 0.2) is 6.61 Å². The number of nitrogens with one attached hydrogen (secondary N) is 1. The van der Waals surface area contributed by atoms with Crippen molar-refractivity contribution in [2.24, 2.45) is 5.14 Å². The molecule has 0 saturated carbocycles. The average Bonchev–Trinajstić information content (AvgIpc) is 2.73. The van der Waals surface area contributed by atoms with Crippen molar-refractivity contribution in [3.8, 4) is 11.3 Å². The van der Waals surface area contributed by atoms with Crippen molar-refractivity contribution in [3.05, 3.63) is 77.5 Å². The van der Waals surface area contributed by atoms with E-state index in [1.807, 2.05) is 30.3 Å². The maximum absolute atomic E-state index is 12.4. The quantitative estimate of drug-likeness (QED) is 0.568. The molecule has 0 aliphatic carbocycles. The van der Waals surface area contributed by atoms with E-state index >= 15 is 0 Å². The molecule has 160 valence electrons. The summed E-state index contributed by atoms with van der Waals surface area (Å²) in [6, 6.07) is 17.1. The Morgan fingerprint density at radius 3 is 2.39 bits per heavy atom. The Morgan fingerprint density at radius 2 is 1.74 bits per heavy atom. The van der Waals surface area contributed by atoms with Gasteiger partial charge in [-0.3, -0.25) is 9.78 Å². The first-order valence-electron chi connectivity index (χ1n) is 9.28. The monoisotopic (exact) mass is 439 g/mol. The first-order valence-corrected chi connectivity index (χ1v) is 10.8. The highest BCUT2D eigenvalue weighted by Gasteiger charge is 2.16. The minimum absolute atomic E-state index is 0.0949. The Kier molecular flexibility index (Phi) is 6.47. The zero-order chi connectivity index (χ0) is 22.6. The van der Waals surface area contributed by atoms with Gasteiger partial charge in [0.2, 0.25) is 10.0 Å². The molecule has 9 heteroatoms. The van der Waals surface area contributed by atoms with Gasteiger partial charge in [0.1, 0.15) is 0 Å². The number of sulfonamides is 1. The molecule has 3 rings (SSSR count). The molecule has 0 aliphatic heterocycles. The van der Waals surface area contributed by atoms with Crippen LogP contribution in [0.4, 0.5) is 5.69 Å². The number of aromatic nitrogens is 1. The highest BCUT2D eigenvalue weighted by Crippen LogP contribution is 2.20. The number of aryl methyl sites for hydroxylation is 2. The lowest BCUT2D eigenvalue weighted by molar-refractivity contribution is -0.119. The van der Waals surface area contributed by atoms with Gasteiger partial charge in [-0.15, -0.1) is 0 Å². The lowest BCUT2D eigenvalue weighted by Gasteiger charge is -2.10. The molecule has 0 aliphatic rings. The summed E-state index contributed by atoms with van der Waals surface area (Å²) in [4.78, 5) is 28.8. The fourth-order valence-electron chi connectivity index (χ4n) is 2.94. The summed E-state index contributed by atoms with van der Waals surface area (Å²) in [5.41, 5.74) is 3.04. The zero-order valence-corrected chi connectivity index (χ0v) is 17.8. The number of pyridine rings is 1. The molecule has 3 aromatic rings. The Labute approximate surface area is 180 Å². The fourth-order valence-corrected chi connectivity index (χ4v) is 3.74. The van der Waals surface area contributed by atoms with Crippen LogP contribution in [0.2, 0.25) is 0 Å². The second-order valence-corrected chi connectivity index (χ2v) is 8.37. The maximum atomic E-state index is 12.4. The van der Waals surface area contributed by atoms with Crippen LogP contribution in [0.15, 0.2) is 65.6 Å². The molecule has 0 spiro atoms. The van der Waals surface area contributed by atoms with Crippen molar-refractivity contribution in [2.75, 3.05) is 11.9 Å². The predicted octanol–water partition coefficient (Wildman–Crippen LogP) is 2.81. The summed E-state index contributed by atoms with van der Waals surface area (Å²) in [7, 11) is -3.93. The minimum atomic E-state index is -3.93. The van der Waals surface area contributed by atoms with Crippen LogP contribution in [-0.2, 0) is 19.6 Å². The maximum Gasteiger partial charge on any atom is 0.340 e. The first kappa shape index (κ1) is 22.1. The third-order valence-electron chi connectivity index (χ3n) is 4.49. The lowest BCUT2D eigenvalue weighted by atomic mass is 10.1. The number of anilines is 1. The van der Waals surface area contributed by atoms with Crippen molar-refractivity contribution in [3.63, 3.8) is 0 Å². The van der Waals surface area contributed by atoms with Gasteiger partial charge in [-0.25, -0.2) is 18.4 Å². The summed E-state index contributed by atoms with van der Waals surface area (Å²) in [5, 5.41) is 7.65. The van der Waals surface area contributed by atoms with E-state index in [4.69, 9.17) is 9.88 Å². The molecule has 0 atom stereocenters. The number of benzene rings is 2. The van der Waals surface area contributed by atoms with Gasteiger partial charge >= 0.3 is 5.97 Å². The second-order valence-electron chi connectivity index (χ2n) is 6.85. The Balaban J connectivity index is 1.64. The normalized spacial score (nSPS) is 11.1. The zero-order valence-electron chi connectivity index (χ0n) is 17.0. The molecule has 0 radical (unpaired) electrons. The Hall–Kier alpha value is -3.56. The van der Waals surface area contributed by atoms with Crippen molar-refractivity contribution in [2.45, 2.75) is 18.7 Å². The number of carbonyl (C=O) groups excluding carboxylic acids is 2. The summed E-state index contributed by atoms with van der Waals surface area (Å²) in [6.45, 7) is 2.73. The molecule has 31 heavy (non-hydrogen) atoms. The molecule has 2 aromatic carbocycles. The number of primary sulfonamides is 1. The molecular formula is C22H21N3O5S. The van der Waals surface area contributed by atoms with Crippen LogP contribution >= 0.6 is 0 Å². The van der Waals surface area contributed by atoms with E-state index in [2.05, 4.69) is 10.3 Å². The number of amides is 1. The number of nitrogens with zero attached hydrogens (tertiary/aromatic N) is 1. The smallest absolute Gasteiger partial charge is 0.340 e. The largest absolute Gasteiger partial charge is 0.452 e. The van der Waals surface area contributed by atoms with Crippen molar-refractivity contribution in [1.29, 1.82) is 0 Å². The number of carbonyl (C=O) groups is 2. The number of rotatable bonds is 6. The SMILES string of the molecule is Cc1ccc(NC(=O)COC(=O)c2ccc(-c3ccccc3)nc2C)cc1S(N)(=O)=O. The average molecular weight is 439 g/mol. The number of nitrogens with two attached hydrogens (primary N) is 1. The van der Waals surface area contributed by atoms with Crippen LogP contribution in [0.1, 0.15) is 21.6 Å². The van der Waals surface area contributed by atoms with Crippen LogP contribution in [0.3, 0.4) is 0 Å². The van der Waals surface area contributed by atoms with Crippen LogP contribution in [0, 0.1) is 13.8 Å². The summed E-state index contributed by atoms with van der Waals surface area (Å²) < 4.78 is 28.3. The van der Waals surface area contributed by atoms with Gasteiger partial charge in [0.25, 0.3) is 5.91 Å². The van der Waals surface area contributed by atoms with Crippen LogP contribution < -0.4 is 10.5 Å². The molecule has 0 unspecified atom stereocenters. The van der Waals surface area contributed by atoms with Crippen LogP contribution in [0.25, 0.3) is 11.3 Å². The van der Waals surface area contributed by atoms with Gasteiger partial charge in [-0.1, -0.05) is 36.4 Å². The first-order chi connectivity index (χ1) is 14.6. The topological polar surface area (TPSA) is 128 Å². The third kappa shape index (κ3) is 5.53. The minimum Gasteiger partial charge on any atom is -0.452 e. The molecule has 3 N–H and O–H groups in total. The lowest BCUT2D eigenvalue weighted by Crippen LogP contribution is -2.22. The third-order valence-corrected chi connectivity index (χ3v) is 5.54. The van der Waals surface area contributed by atoms with E-state index < -0.39 is 28.5 Å². The van der Waals surface area contributed by atoms with E-state index in [0.717, 1.165) is 11.3 Å². The van der Waals surface area contributed by atoms with Crippen LogP contribution in [0.5, 0.6) is 0 Å². The second kappa shape index (κ2) is 9.07. The van der Waals surface area contributed by atoms with E-state index in [1.165, 1.54) is 18.2 Å². The van der Waals surface area contributed by atoms with Crippen molar-refractivity contribution < 1.29 is 22.7 Å². The molecule has 1 amide bonds. The van der Waals surface area contributed by atoms with E-state index in [9.17, 15) is 18.0 Å². The van der Waals surface area contributed by atoms with Crippen LogP contribution in [-0.4, -0.2) is 31.9 Å². The Morgan fingerprint density at radius 1 is 1.03 bits per heavy atom. The Bertz CT molecular complexity index is 1240. The van der Waals surface area contributed by atoms with Gasteiger partial charge in [0.05, 0.1) is 21.8 Å². The highest BCUT2D eigenvalue weighted by atomic mass is 32.2. The molecular weight excluding hydrogens is 418 g/mol. The van der Waals surface area contributed by atoms with Crippen molar-refractivity contribution in [1.82, 2.24) is 4.98 Å². The van der Waals surface area contributed by atoms with E-state index in [-0.39, 0.29) is 16.1 Å². The number of hydrogen-bond acceptors (Lipinski definition) is 6. The predicted molar refractivity (Wildman–Crippen MR) is 116 cm³/mol. The highest BCUT2D eigenvalue weighted by molar-refractivity contribution is 7.89. The molecule has 0 bridgehead atoms. The number of esters is 1. The molecule has 0 fully saturated rings. The molecule has 0 saturated heterocycles. The summed E-state index contributed by atoms with van der Waals surface area (Å²) in [6.07, 6.45) is 0. The molecule has 1 heterocycles. The van der Waals surface area contributed by atoms with E-state index in [0.29, 0.717) is 11.3 Å². The molecule has 1 aromatic heterocycles. The summed E-state index contributed by atoms with van der Waals surface area (Å²) >= 11 is 0.